The molecule has 0 aromatic carbocycles. The number of carbonyl (C=O) groups excluding carboxylic acids is 1. The summed E-state index contributed by atoms with van der Waals surface area (Å²) in [5, 5.41) is 17.7. The Hall–Kier alpha value is -1.77. The highest BCUT2D eigenvalue weighted by Crippen LogP contribution is 2.19. The normalized spacial score (nSPS) is 16.0. The molecule has 0 spiro atoms. The summed E-state index contributed by atoms with van der Waals surface area (Å²) in [7, 11) is 3.84. The van der Waals surface area contributed by atoms with Crippen LogP contribution in [0.25, 0.3) is 0 Å². The number of aryl methyl sites for hydroxylation is 2. The van der Waals surface area contributed by atoms with Crippen molar-refractivity contribution in [1.29, 1.82) is 0 Å². The zero-order chi connectivity index (χ0) is 18.0. The van der Waals surface area contributed by atoms with Crippen molar-refractivity contribution in [2.75, 3.05) is 27.2 Å². The number of likely N-dealkylation sites (N-methyl/N-ethyl adjacent to an activating group) is 1. The van der Waals surface area contributed by atoms with Gasteiger partial charge in [-0.1, -0.05) is 0 Å². The van der Waals surface area contributed by atoms with E-state index in [0.29, 0.717) is 25.2 Å². The second-order valence-corrected chi connectivity index (χ2v) is 7.83. The van der Waals surface area contributed by atoms with E-state index in [1.54, 1.807) is 11.3 Å². The fraction of sp³-hybridized carbons (Fsp3) is 0.588. The Balaban J connectivity index is 1.69. The molecular weight excluding hydrogens is 338 g/mol. The zero-order valence-electron chi connectivity index (χ0n) is 15.0. The van der Waals surface area contributed by atoms with Crippen molar-refractivity contribution in [3.8, 4) is 0 Å². The lowest BCUT2D eigenvalue weighted by molar-refractivity contribution is -0.131. The Morgan fingerprint density at radius 3 is 2.92 bits per heavy atom. The van der Waals surface area contributed by atoms with Gasteiger partial charge in [-0.3, -0.25) is 9.48 Å². The number of aliphatic hydroxyl groups is 1. The van der Waals surface area contributed by atoms with Crippen molar-refractivity contribution in [2.24, 2.45) is 0 Å². The SMILES string of the molecule is Cc1nc(CC(=O)N2CCCn3nc(C(O)CN(C)C)cc3C2)cs1. The molecule has 0 bridgehead atoms. The van der Waals surface area contributed by atoms with Gasteiger partial charge in [-0.2, -0.15) is 5.10 Å². The average Bonchev–Trinajstić information content (AvgIpc) is 3.07. The highest BCUT2D eigenvalue weighted by atomic mass is 32.1. The standard InChI is InChI=1S/C17H25N5O2S/c1-12-18-13(11-25-12)7-17(24)21-5-4-6-22-14(9-21)8-15(19-22)16(23)10-20(2)3/h8,11,16,23H,4-7,9-10H2,1-3H3. The fourth-order valence-corrected chi connectivity index (χ4v) is 3.67. The van der Waals surface area contributed by atoms with Gasteiger partial charge in [0.25, 0.3) is 0 Å². The van der Waals surface area contributed by atoms with E-state index in [1.807, 2.05) is 46.9 Å². The summed E-state index contributed by atoms with van der Waals surface area (Å²) in [6.07, 6.45) is 0.588. The highest BCUT2D eigenvalue weighted by Gasteiger charge is 2.23. The molecule has 7 nitrogen and oxygen atoms in total. The van der Waals surface area contributed by atoms with Crippen molar-refractivity contribution in [3.05, 3.63) is 33.5 Å². The molecule has 0 radical (unpaired) electrons. The molecule has 0 fully saturated rings. The van der Waals surface area contributed by atoms with E-state index >= 15 is 0 Å². The summed E-state index contributed by atoms with van der Waals surface area (Å²) in [6, 6.07) is 1.92. The number of rotatable bonds is 5. The van der Waals surface area contributed by atoms with Gasteiger partial charge >= 0.3 is 0 Å². The molecule has 2 aromatic rings. The van der Waals surface area contributed by atoms with Gasteiger partial charge in [0.2, 0.25) is 5.91 Å². The van der Waals surface area contributed by atoms with E-state index in [0.717, 1.165) is 35.9 Å². The van der Waals surface area contributed by atoms with Gasteiger partial charge in [0.1, 0.15) is 6.10 Å². The molecule has 136 valence electrons. The second kappa shape index (κ2) is 7.63. The van der Waals surface area contributed by atoms with Gasteiger partial charge in [-0.25, -0.2) is 4.98 Å². The summed E-state index contributed by atoms with van der Waals surface area (Å²) in [6.45, 7) is 4.50. The Morgan fingerprint density at radius 2 is 2.24 bits per heavy atom. The first-order valence-electron chi connectivity index (χ1n) is 8.50. The first kappa shape index (κ1) is 18.0. The molecular formula is C17H25N5O2S. The van der Waals surface area contributed by atoms with Crippen LogP contribution in [0.3, 0.4) is 0 Å². The predicted octanol–water partition coefficient (Wildman–Crippen LogP) is 1.22. The summed E-state index contributed by atoms with van der Waals surface area (Å²) >= 11 is 1.57. The lowest BCUT2D eigenvalue weighted by atomic mass is 10.2. The van der Waals surface area contributed by atoms with Crippen LogP contribution >= 0.6 is 11.3 Å². The molecule has 3 heterocycles. The molecule has 1 N–H and O–H groups in total. The van der Waals surface area contributed by atoms with Crippen LogP contribution in [0.1, 0.15) is 34.6 Å². The quantitative estimate of drug-likeness (QED) is 0.865. The Morgan fingerprint density at radius 1 is 1.44 bits per heavy atom. The monoisotopic (exact) mass is 363 g/mol. The second-order valence-electron chi connectivity index (χ2n) is 6.77. The van der Waals surface area contributed by atoms with Crippen molar-refractivity contribution >= 4 is 17.2 Å². The van der Waals surface area contributed by atoms with Crippen molar-refractivity contribution in [3.63, 3.8) is 0 Å². The number of aliphatic hydroxyl groups excluding tert-OH is 1. The van der Waals surface area contributed by atoms with Crippen LogP contribution in [-0.2, 0) is 24.3 Å². The van der Waals surface area contributed by atoms with E-state index in [-0.39, 0.29) is 5.91 Å². The third-order valence-corrected chi connectivity index (χ3v) is 5.09. The lowest BCUT2D eigenvalue weighted by Crippen LogP contribution is -2.32. The first-order valence-corrected chi connectivity index (χ1v) is 9.38. The molecule has 1 unspecified atom stereocenters. The van der Waals surface area contributed by atoms with E-state index in [1.165, 1.54) is 0 Å². The molecule has 0 aliphatic carbocycles. The Bertz CT molecular complexity index is 739. The van der Waals surface area contributed by atoms with Gasteiger partial charge in [0.05, 0.1) is 35.1 Å². The van der Waals surface area contributed by atoms with Crippen LogP contribution < -0.4 is 0 Å². The van der Waals surface area contributed by atoms with E-state index in [9.17, 15) is 9.90 Å². The van der Waals surface area contributed by atoms with Gasteiger partial charge in [-0.05, 0) is 33.5 Å². The average molecular weight is 363 g/mol. The van der Waals surface area contributed by atoms with Crippen LogP contribution in [0.5, 0.6) is 0 Å². The molecule has 1 amide bonds. The number of amides is 1. The topological polar surface area (TPSA) is 74.5 Å². The molecule has 1 atom stereocenters. The van der Waals surface area contributed by atoms with Gasteiger partial charge in [0, 0.05) is 25.0 Å². The molecule has 8 heteroatoms. The van der Waals surface area contributed by atoms with Crippen molar-refractivity contribution in [1.82, 2.24) is 24.6 Å². The summed E-state index contributed by atoms with van der Waals surface area (Å²) in [5.41, 5.74) is 2.49. The minimum absolute atomic E-state index is 0.0929. The Kier molecular flexibility index (Phi) is 5.51. The van der Waals surface area contributed by atoms with Crippen LogP contribution in [0, 0.1) is 6.92 Å². The largest absolute Gasteiger partial charge is 0.385 e. The molecule has 1 aliphatic rings. The lowest BCUT2D eigenvalue weighted by Gasteiger charge is -2.19. The van der Waals surface area contributed by atoms with Crippen molar-refractivity contribution in [2.45, 2.75) is 39.0 Å². The summed E-state index contributed by atoms with van der Waals surface area (Å²) < 4.78 is 1.93. The summed E-state index contributed by atoms with van der Waals surface area (Å²) in [4.78, 5) is 20.8. The van der Waals surface area contributed by atoms with Crippen LogP contribution in [0.2, 0.25) is 0 Å². The van der Waals surface area contributed by atoms with Gasteiger partial charge < -0.3 is 14.9 Å². The number of hydrogen-bond donors (Lipinski definition) is 1. The number of thiazole rings is 1. The highest BCUT2D eigenvalue weighted by molar-refractivity contribution is 7.09. The number of hydrogen-bond acceptors (Lipinski definition) is 6. The maximum Gasteiger partial charge on any atom is 0.228 e. The fourth-order valence-electron chi connectivity index (χ4n) is 3.06. The van der Waals surface area contributed by atoms with Crippen LogP contribution in [0.4, 0.5) is 0 Å². The third kappa shape index (κ3) is 4.45. The maximum atomic E-state index is 12.6. The van der Waals surface area contributed by atoms with Crippen molar-refractivity contribution < 1.29 is 9.90 Å². The van der Waals surface area contributed by atoms with E-state index in [4.69, 9.17) is 0 Å². The van der Waals surface area contributed by atoms with Crippen LogP contribution in [-0.4, -0.2) is 62.8 Å². The molecule has 1 aliphatic heterocycles. The molecule has 2 aromatic heterocycles. The summed E-state index contributed by atoms with van der Waals surface area (Å²) in [5.74, 6) is 0.0929. The number of fused-ring (bicyclic) bond motifs is 1. The smallest absolute Gasteiger partial charge is 0.228 e. The van der Waals surface area contributed by atoms with E-state index in [2.05, 4.69) is 10.1 Å². The van der Waals surface area contributed by atoms with E-state index < -0.39 is 6.10 Å². The molecule has 25 heavy (non-hydrogen) atoms. The number of carbonyl (C=O) groups is 1. The number of nitrogens with zero attached hydrogens (tertiary/aromatic N) is 5. The minimum atomic E-state index is -0.614. The Labute approximate surface area is 151 Å². The molecule has 3 rings (SSSR count). The first-order chi connectivity index (χ1) is 11.9. The zero-order valence-corrected chi connectivity index (χ0v) is 15.8. The van der Waals surface area contributed by atoms with Crippen LogP contribution in [0.15, 0.2) is 11.4 Å². The minimum Gasteiger partial charge on any atom is -0.385 e. The molecule has 0 saturated heterocycles. The third-order valence-electron chi connectivity index (χ3n) is 4.26. The maximum absolute atomic E-state index is 12.6. The number of aromatic nitrogens is 3. The van der Waals surface area contributed by atoms with Gasteiger partial charge in [-0.15, -0.1) is 11.3 Å². The molecule has 0 saturated carbocycles. The predicted molar refractivity (Wildman–Crippen MR) is 96.3 cm³/mol. The van der Waals surface area contributed by atoms with Gasteiger partial charge in [0.15, 0.2) is 0 Å².